The molecule has 2 aromatic rings. The molecule has 0 radical (unpaired) electrons. The van der Waals surface area contributed by atoms with Crippen molar-refractivity contribution in [2.75, 3.05) is 0 Å². The summed E-state index contributed by atoms with van der Waals surface area (Å²) in [7, 11) is 0. The lowest BCUT2D eigenvalue weighted by Crippen LogP contribution is -2.20. The van der Waals surface area contributed by atoms with Gasteiger partial charge >= 0.3 is 5.97 Å². The molecular formula is C12H11N3O2. The SMILES string of the molecule is O=C(O)C1(c2ncc(-c3ccccn3)[nH]2)CC1. The van der Waals surface area contributed by atoms with E-state index in [0.717, 1.165) is 11.4 Å². The molecule has 0 atom stereocenters. The van der Waals surface area contributed by atoms with Crippen molar-refractivity contribution < 1.29 is 9.90 Å². The zero-order valence-electron chi connectivity index (χ0n) is 9.05. The van der Waals surface area contributed by atoms with Gasteiger partial charge in [-0.25, -0.2) is 4.98 Å². The van der Waals surface area contributed by atoms with Crippen LogP contribution in [-0.4, -0.2) is 26.0 Å². The Morgan fingerprint density at radius 3 is 2.76 bits per heavy atom. The van der Waals surface area contributed by atoms with Gasteiger partial charge in [0, 0.05) is 6.20 Å². The van der Waals surface area contributed by atoms with Crippen LogP contribution in [0.1, 0.15) is 18.7 Å². The standard InChI is InChI=1S/C12H11N3O2/c16-11(17)12(4-5-12)10-14-7-9(15-10)8-3-1-2-6-13-8/h1-3,6-7H,4-5H2,(H,14,15)(H,16,17). The van der Waals surface area contributed by atoms with E-state index in [2.05, 4.69) is 15.0 Å². The Labute approximate surface area is 97.5 Å². The summed E-state index contributed by atoms with van der Waals surface area (Å²) in [5.41, 5.74) is 0.744. The van der Waals surface area contributed by atoms with Crippen LogP contribution in [0.3, 0.4) is 0 Å². The first-order valence-corrected chi connectivity index (χ1v) is 5.43. The van der Waals surface area contributed by atoms with Crippen LogP contribution in [0.5, 0.6) is 0 Å². The Kier molecular flexibility index (Phi) is 2.01. The van der Waals surface area contributed by atoms with Gasteiger partial charge in [0.25, 0.3) is 0 Å². The van der Waals surface area contributed by atoms with Crippen molar-refractivity contribution in [3.05, 3.63) is 36.4 Å². The average molecular weight is 229 g/mol. The number of hydrogen-bond donors (Lipinski definition) is 2. The van der Waals surface area contributed by atoms with Crippen molar-refractivity contribution in [3.63, 3.8) is 0 Å². The maximum Gasteiger partial charge on any atom is 0.317 e. The van der Waals surface area contributed by atoms with Gasteiger partial charge in [-0.05, 0) is 25.0 Å². The minimum Gasteiger partial charge on any atom is -0.480 e. The molecule has 2 aromatic heterocycles. The van der Waals surface area contributed by atoms with Crippen LogP contribution in [0.2, 0.25) is 0 Å². The molecule has 1 aliphatic rings. The highest BCUT2D eigenvalue weighted by Crippen LogP contribution is 2.47. The molecule has 0 bridgehead atoms. The van der Waals surface area contributed by atoms with Gasteiger partial charge in [0.05, 0.1) is 17.6 Å². The Morgan fingerprint density at radius 2 is 2.18 bits per heavy atom. The van der Waals surface area contributed by atoms with Gasteiger partial charge in [0.2, 0.25) is 0 Å². The number of imidazole rings is 1. The smallest absolute Gasteiger partial charge is 0.317 e. The summed E-state index contributed by atoms with van der Waals surface area (Å²) >= 11 is 0. The third-order valence-electron chi connectivity index (χ3n) is 3.13. The number of pyridine rings is 1. The van der Waals surface area contributed by atoms with Crippen molar-refractivity contribution in [3.8, 4) is 11.4 Å². The molecule has 2 heterocycles. The molecule has 2 N–H and O–H groups in total. The summed E-state index contributed by atoms with van der Waals surface area (Å²) in [6.07, 6.45) is 4.63. The molecule has 0 saturated heterocycles. The van der Waals surface area contributed by atoms with Crippen molar-refractivity contribution in [1.29, 1.82) is 0 Å². The first kappa shape index (κ1) is 10.0. The minimum atomic E-state index is -0.806. The molecule has 5 heteroatoms. The maximum absolute atomic E-state index is 11.2. The molecule has 86 valence electrons. The molecule has 0 spiro atoms. The number of aromatic nitrogens is 3. The number of nitrogens with zero attached hydrogens (tertiary/aromatic N) is 2. The van der Waals surface area contributed by atoms with E-state index < -0.39 is 11.4 Å². The number of aromatic amines is 1. The van der Waals surface area contributed by atoms with Gasteiger partial charge in [-0.15, -0.1) is 0 Å². The largest absolute Gasteiger partial charge is 0.480 e. The van der Waals surface area contributed by atoms with Crippen LogP contribution in [0.4, 0.5) is 0 Å². The normalized spacial score (nSPS) is 16.7. The van der Waals surface area contributed by atoms with E-state index >= 15 is 0 Å². The highest BCUT2D eigenvalue weighted by atomic mass is 16.4. The van der Waals surface area contributed by atoms with Crippen LogP contribution >= 0.6 is 0 Å². The molecule has 3 rings (SSSR count). The number of carboxylic acids is 1. The first-order chi connectivity index (χ1) is 8.22. The van der Waals surface area contributed by atoms with Crippen LogP contribution in [0, 0.1) is 0 Å². The Hall–Kier alpha value is -2.17. The second-order valence-electron chi connectivity index (χ2n) is 4.25. The van der Waals surface area contributed by atoms with Crippen LogP contribution in [0.15, 0.2) is 30.6 Å². The van der Waals surface area contributed by atoms with Gasteiger partial charge in [-0.1, -0.05) is 6.07 Å². The number of rotatable bonds is 3. The molecule has 5 nitrogen and oxygen atoms in total. The zero-order valence-corrected chi connectivity index (χ0v) is 9.05. The van der Waals surface area contributed by atoms with Crippen LogP contribution in [-0.2, 0) is 10.2 Å². The third kappa shape index (κ3) is 1.51. The van der Waals surface area contributed by atoms with Gasteiger partial charge in [0.1, 0.15) is 11.2 Å². The fraction of sp³-hybridized carbons (Fsp3) is 0.250. The zero-order chi connectivity index (χ0) is 11.9. The first-order valence-electron chi connectivity index (χ1n) is 5.43. The van der Waals surface area contributed by atoms with Crippen molar-refractivity contribution in [2.24, 2.45) is 0 Å². The van der Waals surface area contributed by atoms with E-state index in [0.29, 0.717) is 18.7 Å². The fourth-order valence-corrected chi connectivity index (χ4v) is 1.89. The number of nitrogens with one attached hydrogen (secondary N) is 1. The lowest BCUT2D eigenvalue weighted by atomic mass is 10.1. The molecule has 1 aliphatic carbocycles. The highest BCUT2D eigenvalue weighted by Gasteiger charge is 2.54. The van der Waals surface area contributed by atoms with Gasteiger partial charge < -0.3 is 10.1 Å². The van der Waals surface area contributed by atoms with Crippen molar-refractivity contribution in [1.82, 2.24) is 15.0 Å². The summed E-state index contributed by atoms with van der Waals surface area (Å²) in [4.78, 5) is 22.6. The maximum atomic E-state index is 11.2. The predicted molar refractivity (Wildman–Crippen MR) is 60.4 cm³/mol. The molecule has 17 heavy (non-hydrogen) atoms. The highest BCUT2D eigenvalue weighted by molar-refractivity contribution is 5.83. The van der Waals surface area contributed by atoms with Gasteiger partial charge in [0.15, 0.2) is 0 Å². The van der Waals surface area contributed by atoms with Crippen LogP contribution < -0.4 is 0 Å². The Balaban J connectivity index is 1.97. The van der Waals surface area contributed by atoms with Crippen LogP contribution in [0.25, 0.3) is 11.4 Å². The van der Waals surface area contributed by atoms with Crippen molar-refractivity contribution in [2.45, 2.75) is 18.3 Å². The molecule has 0 amide bonds. The summed E-state index contributed by atoms with van der Waals surface area (Å²) < 4.78 is 0. The number of H-pyrrole nitrogens is 1. The summed E-state index contributed by atoms with van der Waals surface area (Å²) in [5.74, 6) is -0.273. The average Bonchev–Trinajstić information content (AvgIpc) is 3.02. The summed E-state index contributed by atoms with van der Waals surface area (Å²) in [5, 5.41) is 9.16. The minimum absolute atomic E-state index is 0.533. The van der Waals surface area contributed by atoms with Crippen molar-refractivity contribution >= 4 is 5.97 Å². The Morgan fingerprint density at radius 1 is 1.35 bits per heavy atom. The number of carboxylic acid groups (broad SMARTS) is 1. The second-order valence-corrected chi connectivity index (χ2v) is 4.25. The second kappa shape index (κ2) is 3.41. The summed E-state index contributed by atoms with van der Waals surface area (Å²) in [6, 6.07) is 5.57. The number of aliphatic carboxylic acids is 1. The summed E-state index contributed by atoms with van der Waals surface area (Å²) in [6.45, 7) is 0. The number of carbonyl (C=O) groups is 1. The van der Waals surface area contributed by atoms with E-state index in [1.165, 1.54) is 0 Å². The Bertz CT molecular complexity index is 558. The third-order valence-corrected chi connectivity index (χ3v) is 3.13. The van der Waals surface area contributed by atoms with E-state index in [1.807, 2.05) is 18.2 Å². The van der Waals surface area contributed by atoms with Gasteiger partial charge in [-0.3, -0.25) is 9.78 Å². The lowest BCUT2D eigenvalue weighted by Gasteiger charge is -2.04. The molecule has 1 saturated carbocycles. The lowest BCUT2D eigenvalue weighted by molar-refractivity contribution is -0.140. The molecule has 0 aliphatic heterocycles. The monoisotopic (exact) mass is 229 g/mol. The molecule has 0 aromatic carbocycles. The fourth-order valence-electron chi connectivity index (χ4n) is 1.89. The van der Waals surface area contributed by atoms with E-state index in [4.69, 9.17) is 5.11 Å². The topological polar surface area (TPSA) is 78.9 Å². The quantitative estimate of drug-likeness (QED) is 0.837. The van der Waals surface area contributed by atoms with E-state index in [-0.39, 0.29) is 0 Å². The number of hydrogen-bond acceptors (Lipinski definition) is 3. The molecule has 1 fully saturated rings. The predicted octanol–water partition coefficient (Wildman–Crippen LogP) is 1.59. The molecule has 0 unspecified atom stereocenters. The molecular weight excluding hydrogens is 218 g/mol. The van der Waals surface area contributed by atoms with E-state index in [9.17, 15) is 4.79 Å². The van der Waals surface area contributed by atoms with Gasteiger partial charge in [-0.2, -0.15) is 0 Å². The van der Waals surface area contributed by atoms with E-state index in [1.54, 1.807) is 12.4 Å².